The van der Waals surface area contributed by atoms with E-state index >= 15 is 0 Å². The van der Waals surface area contributed by atoms with Crippen LogP contribution in [0.25, 0.3) is 0 Å². The van der Waals surface area contributed by atoms with Gasteiger partial charge in [0.1, 0.15) is 5.75 Å². The molecule has 0 saturated carbocycles. The molecule has 0 fully saturated rings. The molecule has 0 aliphatic carbocycles. The predicted octanol–water partition coefficient (Wildman–Crippen LogP) is 3.65. The van der Waals surface area contributed by atoms with Gasteiger partial charge in [0.05, 0.1) is 11.3 Å². The number of pyridine rings is 1. The van der Waals surface area contributed by atoms with E-state index in [4.69, 9.17) is 4.74 Å². The van der Waals surface area contributed by atoms with Crippen molar-refractivity contribution in [3.8, 4) is 5.75 Å². The third kappa shape index (κ3) is 5.65. The molecule has 0 bridgehead atoms. The van der Waals surface area contributed by atoms with Gasteiger partial charge in [-0.05, 0) is 60.9 Å². The number of rotatable bonds is 7. The fourth-order valence-corrected chi connectivity index (χ4v) is 2.71. The van der Waals surface area contributed by atoms with Crippen molar-refractivity contribution in [2.45, 2.75) is 20.4 Å². The lowest BCUT2D eigenvalue weighted by molar-refractivity contribution is -0.118. The summed E-state index contributed by atoms with van der Waals surface area (Å²) >= 11 is 0. The van der Waals surface area contributed by atoms with Crippen molar-refractivity contribution in [1.29, 1.82) is 0 Å². The van der Waals surface area contributed by atoms with Gasteiger partial charge in [0.15, 0.2) is 6.61 Å². The van der Waals surface area contributed by atoms with Crippen LogP contribution in [-0.2, 0) is 11.3 Å². The summed E-state index contributed by atoms with van der Waals surface area (Å²) in [7, 11) is 0. The number of nitrogens with zero attached hydrogens (tertiary/aromatic N) is 1. The van der Waals surface area contributed by atoms with E-state index in [0.29, 0.717) is 23.5 Å². The molecule has 0 atom stereocenters. The first-order valence-corrected chi connectivity index (χ1v) is 9.29. The number of amides is 2. The Hall–Kier alpha value is -3.67. The third-order valence-electron chi connectivity index (χ3n) is 4.47. The van der Waals surface area contributed by atoms with Gasteiger partial charge in [-0.25, -0.2) is 0 Å². The van der Waals surface area contributed by atoms with Crippen LogP contribution in [0.3, 0.4) is 0 Å². The largest absolute Gasteiger partial charge is 0.484 e. The molecule has 1 aromatic heterocycles. The number of anilines is 1. The number of benzene rings is 2. The lowest BCUT2D eigenvalue weighted by Crippen LogP contribution is -2.26. The highest BCUT2D eigenvalue weighted by molar-refractivity contribution is 6.04. The van der Waals surface area contributed by atoms with Crippen molar-refractivity contribution in [3.05, 3.63) is 89.2 Å². The zero-order valence-corrected chi connectivity index (χ0v) is 16.4. The molecular weight excluding hydrogens is 366 g/mol. The van der Waals surface area contributed by atoms with Gasteiger partial charge in [0.2, 0.25) is 0 Å². The van der Waals surface area contributed by atoms with E-state index < -0.39 is 0 Å². The van der Waals surface area contributed by atoms with Crippen molar-refractivity contribution in [2.24, 2.45) is 0 Å². The average Bonchev–Trinajstić information content (AvgIpc) is 2.74. The molecule has 0 radical (unpaired) electrons. The molecule has 148 valence electrons. The van der Waals surface area contributed by atoms with Crippen molar-refractivity contribution in [2.75, 3.05) is 11.9 Å². The van der Waals surface area contributed by atoms with Crippen LogP contribution in [0.4, 0.5) is 5.69 Å². The van der Waals surface area contributed by atoms with Crippen LogP contribution in [0.2, 0.25) is 0 Å². The van der Waals surface area contributed by atoms with E-state index in [1.165, 1.54) is 0 Å². The number of hydrogen-bond donors (Lipinski definition) is 2. The molecule has 0 unspecified atom stereocenters. The summed E-state index contributed by atoms with van der Waals surface area (Å²) in [4.78, 5) is 28.9. The molecule has 2 N–H and O–H groups in total. The Kier molecular flexibility index (Phi) is 6.58. The molecule has 2 amide bonds. The Morgan fingerprint density at radius 1 is 1.00 bits per heavy atom. The zero-order chi connectivity index (χ0) is 20.6. The molecule has 0 aliphatic rings. The number of aromatic nitrogens is 1. The molecule has 2 aromatic carbocycles. The quantitative estimate of drug-likeness (QED) is 0.646. The van der Waals surface area contributed by atoms with E-state index in [1.54, 1.807) is 36.7 Å². The molecular formula is C23H23N3O3. The maximum Gasteiger partial charge on any atom is 0.262 e. The Morgan fingerprint density at radius 2 is 1.83 bits per heavy atom. The van der Waals surface area contributed by atoms with E-state index in [2.05, 4.69) is 15.6 Å². The molecule has 0 aliphatic heterocycles. The van der Waals surface area contributed by atoms with Gasteiger partial charge in [-0.3, -0.25) is 14.6 Å². The maximum absolute atomic E-state index is 12.6. The monoisotopic (exact) mass is 389 g/mol. The summed E-state index contributed by atoms with van der Waals surface area (Å²) in [6.07, 6.45) is 3.37. The fraction of sp³-hybridized carbons (Fsp3) is 0.174. The first-order chi connectivity index (χ1) is 14.0. The number of aryl methyl sites for hydroxylation is 2. The number of ether oxygens (including phenoxy) is 1. The molecule has 1 heterocycles. The van der Waals surface area contributed by atoms with Crippen LogP contribution in [0.5, 0.6) is 5.75 Å². The fourth-order valence-electron chi connectivity index (χ4n) is 2.71. The maximum atomic E-state index is 12.6. The third-order valence-corrected chi connectivity index (χ3v) is 4.47. The van der Waals surface area contributed by atoms with Crippen molar-refractivity contribution in [3.63, 3.8) is 0 Å². The van der Waals surface area contributed by atoms with Crippen LogP contribution >= 0.6 is 0 Å². The first kappa shape index (κ1) is 20.1. The van der Waals surface area contributed by atoms with Gasteiger partial charge < -0.3 is 15.4 Å². The Morgan fingerprint density at radius 3 is 2.59 bits per heavy atom. The number of para-hydroxylation sites is 1. The molecule has 29 heavy (non-hydrogen) atoms. The van der Waals surface area contributed by atoms with Crippen molar-refractivity contribution in [1.82, 2.24) is 10.3 Å². The van der Waals surface area contributed by atoms with Crippen molar-refractivity contribution >= 4 is 17.5 Å². The van der Waals surface area contributed by atoms with E-state index in [1.807, 2.05) is 44.2 Å². The molecule has 3 aromatic rings. The number of nitrogens with one attached hydrogen (secondary N) is 2. The minimum absolute atomic E-state index is 0.145. The Balaban J connectivity index is 1.59. The van der Waals surface area contributed by atoms with Crippen LogP contribution in [0, 0.1) is 13.8 Å². The van der Waals surface area contributed by atoms with E-state index in [-0.39, 0.29) is 18.4 Å². The van der Waals surface area contributed by atoms with Gasteiger partial charge in [0, 0.05) is 18.9 Å². The van der Waals surface area contributed by atoms with Crippen LogP contribution in [-0.4, -0.2) is 23.4 Å². The minimum Gasteiger partial charge on any atom is -0.484 e. The highest BCUT2D eigenvalue weighted by Crippen LogP contribution is 2.18. The lowest BCUT2D eigenvalue weighted by atomic mass is 10.1. The van der Waals surface area contributed by atoms with Gasteiger partial charge in [0.25, 0.3) is 11.8 Å². The van der Waals surface area contributed by atoms with Gasteiger partial charge in [-0.1, -0.05) is 24.3 Å². The summed E-state index contributed by atoms with van der Waals surface area (Å²) in [6, 6.07) is 16.2. The molecule has 3 rings (SSSR count). The van der Waals surface area contributed by atoms with Crippen molar-refractivity contribution < 1.29 is 14.3 Å². The van der Waals surface area contributed by atoms with Gasteiger partial charge in [-0.2, -0.15) is 0 Å². The molecule has 6 heteroatoms. The second kappa shape index (κ2) is 9.50. The van der Waals surface area contributed by atoms with Crippen LogP contribution in [0.1, 0.15) is 27.0 Å². The van der Waals surface area contributed by atoms with Gasteiger partial charge in [-0.15, -0.1) is 0 Å². The summed E-state index contributed by atoms with van der Waals surface area (Å²) < 4.78 is 5.56. The van der Waals surface area contributed by atoms with Crippen LogP contribution in [0.15, 0.2) is 67.0 Å². The highest BCUT2D eigenvalue weighted by Gasteiger charge is 2.13. The summed E-state index contributed by atoms with van der Waals surface area (Å²) in [5.41, 5.74) is 3.97. The molecule has 0 saturated heterocycles. The average molecular weight is 389 g/mol. The summed E-state index contributed by atoms with van der Waals surface area (Å²) in [5, 5.41) is 5.59. The van der Waals surface area contributed by atoms with Crippen LogP contribution < -0.4 is 15.4 Å². The second-order valence-electron chi connectivity index (χ2n) is 6.67. The Bertz CT molecular complexity index is 1000. The van der Waals surface area contributed by atoms with E-state index in [9.17, 15) is 9.59 Å². The predicted molar refractivity (Wildman–Crippen MR) is 112 cm³/mol. The van der Waals surface area contributed by atoms with E-state index in [0.717, 1.165) is 16.7 Å². The Labute approximate surface area is 169 Å². The summed E-state index contributed by atoms with van der Waals surface area (Å²) in [6.45, 7) is 4.21. The standard InChI is InChI=1S/C23H23N3O3/c1-16-9-10-19(12-17(16)2)29-15-22(27)26-21-8-4-3-7-20(21)23(28)25-14-18-6-5-11-24-13-18/h3-13H,14-15H2,1-2H3,(H,25,28)(H,26,27). The minimum atomic E-state index is -0.337. The summed E-state index contributed by atoms with van der Waals surface area (Å²) in [5.74, 6) is 0.0151. The lowest BCUT2D eigenvalue weighted by Gasteiger charge is -2.12. The number of hydrogen-bond acceptors (Lipinski definition) is 4. The normalized spacial score (nSPS) is 10.3. The van der Waals surface area contributed by atoms with Gasteiger partial charge >= 0.3 is 0 Å². The molecule has 6 nitrogen and oxygen atoms in total. The smallest absolute Gasteiger partial charge is 0.262 e. The SMILES string of the molecule is Cc1ccc(OCC(=O)Nc2ccccc2C(=O)NCc2cccnc2)cc1C. The molecule has 0 spiro atoms. The highest BCUT2D eigenvalue weighted by atomic mass is 16.5. The topological polar surface area (TPSA) is 80.3 Å². The first-order valence-electron chi connectivity index (χ1n) is 9.29. The second-order valence-corrected chi connectivity index (χ2v) is 6.67. The number of carbonyl (C=O) groups excluding carboxylic acids is 2. The zero-order valence-electron chi connectivity index (χ0n) is 16.4. The number of carbonyl (C=O) groups is 2.